The second-order valence-electron chi connectivity index (χ2n) is 9.35. The number of aliphatic carboxylic acids is 1. The average molecular weight is 477 g/mol. The summed E-state index contributed by atoms with van der Waals surface area (Å²) in [6, 6.07) is 5.04. The molecule has 0 radical (unpaired) electrons. The lowest BCUT2D eigenvalue weighted by molar-refractivity contribution is -0.151. The summed E-state index contributed by atoms with van der Waals surface area (Å²) in [6.45, 7) is 7.31. The number of likely N-dealkylation sites (tertiary alicyclic amines) is 1. The lowest BCUT2D eigenvalue weighted by Crippen LogP contribution is -2.59. The number of hydrogen-bond acceptors (Lipinski definition) is 5. The molecule has 9 heteroatoms. The van der Waals surface area contributed by atoms with Gasteiger partial charge in [-0.25, -0.2) is 0 Å². The van der Waals surface area contributed by atoms with E-state index in [4.69, 9.17) is 16.3 Å². The molecule has 3 fully saturated rings. The molecule has 3 saturated heterocycles. The van der Waals surface area contributed by atoms with Crippen LogP contribution in [0.5, 0.6) is 0 Å². The summed E-state index contributed by atoms with van der Waals surface area (Å²) >= 11 is 6.03. The highest BCUT2D eigenvalue weighted by molar-refractivity contribution is 6.30. The molecule has 0 aromatic heterocycles. The molecule has 1 aromatic carbocycles. The normalized spacial score (nSPS) is 31.1. The fourth-order valence-corrected chi connectivity index (χ4v) is 5.98. The van der Waals surface area contributed by atoms with E-state index in [9.17, 15) is 24.6 Å². The van der Waals surface area contributed by atoms with Crippen molar-refractivity contribution in [3.8, 4) is 0 Å². The minimum atomic E-state index is -1.24. The second kappa shape index (κ2) is 8.74. The summed E-state index contributed by atoms with van der Waals surface area (Å²) in [7, 11) is 0. The van der Waals surface area contributed by atoms with Gasteiger partial charge in [-0.3, -0.25) is 14.4 Å². The summed E-state index contributed by atoms with van der Waals surface area (Å²) in [6.07, 6.45) is 1.85. The van der Waals surface area contributed by atoms with Crippen molar-refractivity contribution in [1.29, 1.82) is 0 Å². The highest BCUT2D eigenvalue weighted by atomic mass is 35.5. The number of aliphatic hydroxyl groups excluding tert-OH is 1. The Balaban J connectivity index is 1.84. The molecule has 2 amide bonds. The van der Waals surface area contributed by atoms with Gasteiger partial charge in [0, 0.05) is 17.3 Å². The number of ether oxygens (including phenoxy) is 1. The largest absolute Gasteiger partial charge is 0.481 e. The van der Waals surface area contributed by atoms with Crippen LogP contribution in [0.15, 0.2) is 36.9 Å². The number of fused-ring (bicyclic) bond motifs is 1. The van der Waals surface area contributed by atoms with E-state index in [1.54, 1.807) is 30.3 Å². The fourth-order valence-electron chi connectivity index (χ4n) is 5.85. The zero-order chi connectivity index (χ0) is 24.1. The van der Waals surface area contributed by atoms with Crippen LogP contribution in [0.3, 0.4) is 0 Å². The number of benzene rings is 1. The van der Waals surface area contributed by atoms with Crippen LogP contribution in [0, 0.1) is 17.8 Å². The topological polar surface area (TPSA) is 107 Å². The molecule has 3 aliphatic rings. The minimum Gasteiger partial charge on any atom is -0.481 e. The molecule has 1 spiro atoms. The predicted octanol–water partition coefficient (Wildman–Crippen LogP) is 2.34. The minimum absolute atomic E-state index is 0.159. The Morgan fingerprint density at radius 3 is 2.58 bits per heavy atom. The van der Waals surface area contributed by atoms with Crippen LogP contribution in [0.4, 0.5) is 5.69 Å². The molecule has 33 heavy (non-hydrogen) atoms. The molecule has 4 rings (SSSR count). The Morgan fingerprint density at radius 1 is 1.36 bits per heavy atom. The van der Waals surface area contributed by atoms with Crippen molar-refractivity contribution in [1.82, 2.24) is 4.90 Å². The first-order valence-electron chi connectivity index (χ1n) is 11.2. The molecule has 6 atom stereocenters. The van der Waals surface area contributed by atoms with Gasteiger partial charge in [-0.15, -0.1) is 6.58 Å². The van der Waals surface area contributed by atoms with E-state index in [1.165, 1.54) is 9.80 Å². The van der Waals surface area contributed by atoms with Crippen LogP contribution in [0.2, 0.25) is 5.02 Å². The molecular formula is C24H29ClN2O6. The molecule has 2 N–H and O–H groups in total. The average Bonchev–Trinajstić information content (AvgIpc) is 3.41. The molecule has 0 saturated carbocycles. The van der Waals surface area contributed by atoms with E-state index >= 15 is 0 Å². The molecule has 3 aliphatic heterocycles. The quantitative estimate of drug-likeness (QED) is 0.558. The maximum atomic E-state index is 14.2. The molecule has 0 unspecified atom stereocenters. The highest BCUT2D eigenvalue weighted by Crippen LogP contribution is 2.59. The summed E-state index contributed by atoms with van der Waals surface area (Å²) < 4.78 is 6.23. The molecule has 1 aromatic rings. The molecule has 2 bridgehead atoms. The smallest absolute Gasteiger partial charge is 0.310 e. The van der Waals surface area contributed by atoms with Gasteiger partial charge in [0.1, 0.15) is 11.6 Å². The number of hydrogen-bond donors (Lipinski definition) is 2. The van der Waals surface area contributed by atoms with Crippen molar-refractivity contribution < 1.29 is 29.3 Å². The maximum Gasteiger partial charge on any atom is 0.310 e. The van der Waals surface area contributed by atoms with Gasteiger partial charge in [0.05, 0.1) is 30.6 Å². The summed E-state index contributed by atoms with van der Waals surface area (Å²) in [5, 5.41) is 20.6. The van der Waals surface area contributed by atoms with Gasteiger partial charge in [-0.1, -0.05) is 31.5 Å². The van der Waals surface area contributed by atoms with Gasteiger partial charge in [0.2, 0.25) is 5.91 Å². The first-order chi connectivity index (χ1) is 15.7. The van der Waals surface area contributed by atoms with Crippen LogP contribution >= 0.6 is 11.6 Å². The van der Waals surface area contributed by atoms with Crippen LogP contribution in [0.1, 0.15) is 26.7 Å². The van der Waals surface area contributed by atoms with Crippen molar-refractivity contribution in [3.05, 3.63) is 41.9 Å². The van der Waals surface area contributed by atoms with E-state index in [0.29, 0.717) is 23.6 Å². The van der Waals surface area contributed by atoms with E-state index < -0.39 is 47.5 Å². The third-order valence-corrected chi connectivity index (χ3v) is 7.54. The monoisotopic (exact) mass is 476 g/mol. The zero-order valence-corrected chi connectivity index (χ0v) is 19.4. The van der Waals surface area contributed by atoms with Gasteiger partial charge in [-0.2, -0.15) is 0 Å². The van der Waals surface area contributed by atoms with Crippen molar-refractivity contribution >= 4 is 35.1 Å². The van der Waals surface area contributed by atoms with Crippen molar-refractivity contribution in [2.24, 2.45) is 17.8 Å². The zero-order valence-electron chi connectivity index (χ0n) is 18.7. The van der Waals surface area contributed by atoms with E-state index in [0.717, 1.165) is 0 Å². The Labute approximate surface area is 197 Å². The lowest BCUT2D eigenvalue weighted by atomic mass is 9.70. The van der Waals surface area contributed by atoms with Crippen LogP contribution in [-0.4, -0.2) is 69.8 Å². The fraction of sp³-hybridized carbons (Fsp3) is 0.542. The van der Waals surface area contributed by atoms with Gasteiger partial charge >= 0.3 is 5.97 Å². The SMILES string of the molecule is C=CCN(C(=O)[C@H]1N([C@@H](CO)C(C)C)C(=O)[C@@H]2[C@@H](C(=O)O)[C@H]3CC[C@]21O3)c1ccc(Cl)cc1. The Kier molecular flexibility index (Phi) is 6.28. The van der Waals surface area contributed by atoms with E-state index in [1.807, 2.05) is 13.8 Å². The van der Waals surface area contributed by atoms with E-state index in [-0.39, 0.29) is 25.0 Å². The summed E-state index contributed by atoms with van der Waals surface area (Å²) in [5.41, 5.74) is -0.667. The number of carbonyl (C=O) groups excluding carboxylic acids is 2. The third-order valence-electron chi connectivity index (χ3n) is 7.29. The summed E-state index contributed by atoms with van der Waals surface area (Å²) in [5.74, 6) is -4.07. The predicted molar refractivity (Wildman–Crippen MR) is 122 cm³/mol. The van der Waals surface area contributed by atoms with Crippen molar-refractivity contribution in [3.63, 3.8) is 0 Å². The molecule has 3 heterocycles. The van der Waals surface area contributed by atoms with E-state index in [2.05, 4.69) is 6.58 Å². The molecule has 178 valence electrons. The first-order valence-corrected chi connectivity index (χ1v) is 11.6. The molecule has 0 aliphatic carbocycles. The first kappa shape index (κ1) is 23.7. The second-order valence-corrected chi connectivity index (χ2v) is 9.78. The number of nitrogens with zero attached hydrogens (tertiary/aromatic N) is 2. The number of carboxylic acids is 1. The number of halogens is 1. The lowest BCUT2D eigenvalue weighted by Gasteiger charge is -2.40. The number of carbonyl (C=O) groups is 3. The Hall–Kier alpha value is -2.42. The number of carboxylic acid groups (broad SMARTS) is 1. The number of aliphatic hydroxyl groups is 1. The Bertz CT molecular complexity index is 966. The van der Waals surface area contributed by atoms with Crippen molar-refractivity contribution in [2.75, 3.05) is 18.1 Å². The van der Waals surface area contributed by atoms with Crippen LogP contribution in [-0.2, 0) is 19.1 Å². The Morgan fingerprint density at radius 2 is 2.03 bits per heavy atom. The number of amides is 2. The van der Waals surface area contributed by atoms with Gasteiger partial charge < -0.3 is 24.7 Å². The summed E-state index contributed by atoms with van der Waals surface area (Å²) in [4.78, 5) is 42.9. The van der Waals surface area contributed by atoms with Gasteiger partial charge in [0.25, 0.3) is 5.91 Å². The van der Waals surface area contributed by atoms with Crippen LogP contribution < -0.4 is 4.90 Å². The highest BCUT2D eigenvalue weighted by Gasteiger charge is 2.75. The maximum absolute atomic E-state index is 14.2. The number of rotatable bonds is 8. The van der Waals surface area contributed by atoms with Crippen molar-refractivity contribution in [2.45, 2.75) is 50.5 Å². The van der Waals surface area contributed by atoms with Crippen LogP contribution in [0.25, 0.3) is 0 Å². The third kappa shape index (κ3) is 3.55. The molecule has 8 nitrogen and oxygen atoms in total. The number of anilines is 1. The molecular weight excluding hydrogens is 448 g/mol. The standard InChI is InChI=1S/C24H29ClN2O6/c1-4-11-26(15-7-5-14(25)6-8-15)22(30)20-24-10-9-17(33-24)18(23(31)32)19(24)21(29)27(20)16(12-28)13(2)3/h4-8,13,16-20,28H,1,9-12H2,2-3H3,(H,31,32)/t16-,17+,18-,19-,20+,24-/m0/s1. The van der Waals surface area contributed by atoms with Gasteiger partial charge in [-0.05, 0) is 43.0 Å². The van der Waals surface area contributed by atoms with Gasteiger partial charge in [0.15, 0.2) is 0 Å².